The Hall–Kier alpha value is -0.790. The highest BCUT2D eigenvalue weighted by atomic mass is 79.9. The van der Waals surface area contributed by atoms with Gasteiger partial charge in [0.25, 0.3) is 0 Å². The fourth-order valence-corrected chi connectivity index (χ4v) is 3.39. The molecule has 1 rings (SSSR count). The monoisotopic (exact) mass is 383 g/mol. The number of halogens is 2. The molecule has 0 aliphatic carbocycles. The van der Waals surface area contributed by atoms with Gasteiger partial charge in [-0.05, 0) is 32.0 Å². The molecule has 20 heavy (non-hydrogen) atoms. The van der Waals surface area contributed by atoms with Gasteiger partial charge in [-0.1, -0.05) is 27.5 Å². The van der Waals surface area contributed by atoms with Crippen LogP contribution in [0.4, 0.5) is 5.69 Å². The Morgan fingerprint density at radius 1 is 1.40 bits per heavy atom. The zero-order valence-corrected chi connectivity index (χ0v) is 14.3. The summed E-state index contributed by atoms with van der Waals surface area (Å²) in [6.07, 6.45) is 0. The van der Waals surface area contributed by atoms with Crippen LogP contribution >= 0.6 is 27.5 Å². The molecule has 0 radical (unpaired) electrons. The van der Waals surface area contributed by atoms with Gasteiger partial charge in [0.1, 0.15) is 6.54 Å². The Labute approximate surface area is 132 Å². The van der Waals surface area contributed by atoms with Crippen molar-refractivity contribution in [1.29, 1.82) is 0 Å². The first-order chi connectivity index (χ1) is 9.31. The van der Waals surface area contributed by atoms with E-state index in [1.807, 2.05) is 0 Å². The number of carbonyl (C=O) groups is 1. The Bertz CT molecular complexity index is 591. The summed E-state index contributed by atoms with van der Waals surface area (Å²) in [7, 11) is -3.63. The number of ether oxygens (including phenoxy) is 1. The fourth-order valence-electron chi connectivity index (χ4n) is 1.50. The lowest BCUT2D eigenvalue weighted by atomic mass is 10.3. The molecule has 8 heteroatoms. The number of carbonyl (C=O) groups excluding carboxylic acids is 1. The zero-order valence-electron chi connectivity index (χ0n) is 11.1. The molecule has 0 aliphatic rings. The van der Waals surface area contributed by atoms with Gasteiger partial charge in [-0.15, -0.1) is 0 Å². The maximum atomic E-state index is 12.1. The van der Waals surface area contributed by atoms with Crippen molar-refractivity contribution in [3.05, 3.63) is 27.7 Å². The van der Waals surface area contributed by atoms with Crippen LogP contribution in [0.3, 0.4) is 0 Å². The van der Waals surface area contributed by atoms with E-state index in [1.165, 1.54) is 6.92 Å². The first-order valence-electron chi connectivity index (χ1n) is 5.93. The summed E-state index contributed by atoms with van der Waals surface area (Å²) in [6.45, 7) is 2.95. The van der Waals surface area contributed by atoms with Gasteiger partial charge in [0.15, 0.2) is 0 Å². The molecule has 5 nitrogen and oxygen atoms in total. The Morgan fingerprint density at radius 3 is 2.55 bits per heavy atom. The minimum absolute atomic E-state index is 0.140. The van der Waals surface area contributed by atoms with Gasteiger partial charge in [-0.2, -0.15) is 0 Å². The van der Waals surface area contributed by atoms with Crippen molar-refractivity contribution >= 4 is 49.2 Å². The predicted octanol–water partition coefficient (Wildman–Crippen LogP) is 2.82. The number of rotatable bonds is 6. The van der Waals surface area contributed by atoms with Crippen LogP contribution < -0.4 is 4.31 Å². The zero-order chi connectivity index (χ0) is 15.3. The summed E-state index contributed by atoms with van der Waals surface area (Å²) in [5.74, 6) is -0.762. The third-order valence-electron chi connectivity index (χ3n) is 2.46. The van der Waals surface area contributed by atoms with E-state index in [2.05, 4.69) is 15.9 Å². The van der Waals surface area contributed by atoms with Crippen LogP contribution in [-0.4, -0.2) is 33.3 Å². The van der Waals surface area contributed by atoms with Crippen molar-refractivity contribution in [3.63, 3.8) is 0 Å². The molecular weight excluding hydrogens is 370 g/mol. The SMILES string of the molecule is CCOC(=O)CN(c1ccc(Br)cc1Cl)S(=O)(=O)CC. The van der Waals surface area contributed by atoms with Crippen LogP contribution in [0.25, 0.3) is 0 Å². The minimum Gasteiger partial charge on any atom is -0.465 e. The van der Waals surface area contributed by atoms with Gasteiger partial charge in [0, 0.05) is 4.47 Å². The van der Waals surface area contributed by atoms with Crippen molar-refractivity contribution in [3.8, 4) is 0 Å². The molecule has 1 aromatic carbocycles. The summed E-state index contributed by atoms with van der Waals surface area (Å²) in [5.41, 5.74) is 0.254. The number of esters is 1. The highest BCUT2D eigenvalue weighted by Crippen LogP contribution is 2.30. The summed E-state index contributed by atoms with van der Waals surface area (Å²) >= 11 is 9.30. The summed E-state index contributed by atoms with van der Waals surface area (Å²) in [6, 6.07) is 4.77. The molecule has 0 spiro atoms. The van der Waals surface area contributed by atoms with Gasteiger partial charge in [0.2, 0.25) is 10.0 Å². The number of hydrogen-bond donors (Lipinski definition) is 0. The van der Waals surface area contributed by atoms with Gasteiger partial charge in [-0.3, -0.25) is 9.10 Å². The van der Waals surface area contributed by atoms with E-state index in [1.54, 1.807) is 25.1 Å². The Kier molecular flexibility index (Phi) is 6.29. The number of nitrogens with zero attached hydrogens (tertiary/aromatic N) is 1. The molecule has 1 aromatic rings. The lowest BCUT2D eigenvalue weighted by Crippen LogP contribution is -2.37. The van der Waals surface area contributed by atoms with Gasteiger partial charge in [0.05, 0.1) is 23.1 Å². The van der Waals surface area contributed by atoms with Crippen LogP contribution in [0.5, 0.6) is 0 Å². The molecule has 0 bridgehead atoms. The van der Waals surface area contributed by atoms with Crippen molar-refractivity contribution in [2.24, 2.45) is 0 Å². The molecular formula is C12H15BrClNO4S. The van der Waals surface area contributed by atoms with Crippen LogP contribution in [0.15, 0.2) is 22.7 Å². The molecule has 0 saturated heterocycles. The molecule has 0 N–H and O–H groups in total. The quantitative estimate of drug-likeness (QED) is 0.708. The fraction of sp³-hybridized carbons (Fsp3) is 0.417. The summed E-state index contributed by atoms with van der Waals surface area (Å²) in [4.78, 5) is 11.6. The summed E-state index contributed by atoms with van der Waals surface area (Å²) in [5, 5.41) is 0.237. The second-order valence-electron chi connectivity index (χ2n) is 3.81. The average molecular weight is 385 g/mol. The lowest BCUT2D eigenvalue weighted by molar-refractivity contribution is -0.141. The topological polar surface area (TPSA) is 63.7 Å². The summed E-state index contributed by atoms with van der Waals surface area (Å²) < 4.78 is 30.7. The molecule has 112 valence electrons. The second kappa shape index (κ2) is 7.28. The third-order valence-corrected chi connectivity index (χ3v) is 4.98. The molecule has 0 aromatic heterocycles. The average Bonchev–Trinajstić information content (AvgIpc) is 2.37. The van der Waals surface area contributed by atoms with Crippen molar-refractivity contribution in [2.75, 3.05) is 23.2 Å². The maximum absolute atomic E-state index is 12.1. The first kappa shape index (κ1) is 17.3. The molecule has 0 unspecified atom stereocenters. The van der Waals surface area contributed by atoms with Crippen LogP contribution in [0, 0.1) is 0 Å². The normalized spacial score (nSPS) is 11.2. The highest BCUT2D eigenvalue weighted by molar-refractivity contribution is 9.10. The van der Waals surface area contributed by atoms with Gasteiger partial charge in [-0.25, -0.2) is 8.42 Å². The number of sulfonamides is 1. The van der Waals surface area contributed by atoms with E-state index < -0.39 is 22.5 Å². The molecule has 0 fully saturated rings. The predicted molar refractivity (Wildman–Crippen MR) is 82.6 cm³/mol. The first-order valence-corrected chi connectivity index (χ1v) is 8.71. The Morgan fingerprint density at radius 2 is 2.05 bits per heavy atom. The number of hydrogen-bond acceptors (Lipinski definition) is 4. The third kappa shape index (κ3) is 4.36. The van der Waals surface area contributed by atoms with Crippen molar-refractivity contribution < 1.29 is 17.9 Å². The van der Waals surface area contributed by atoms with Crippen LogP contribution in [-0.2, 0) is 19.6 Å². The largest absolute Gasteiger partial charge is 0.465 e. The van der Waals surface area contributed by atoms with Crippen LogP contribution in [0.1, 0.15) is 13.8 Å². The van der Waals surface area contributed by atoms with E-state index in [0.717, 1.165) is 8.78 Å². The van der Waals surface area contributed by atoms with Crippen molar-refractivity contribution in [1.82, 2.24) is 0 Å². The smallest absolute Gasteiger partial charge is 0.326 e. The van der Waals surface area contributed by atoms with Crippen molar-refractivity contribution in [2.45, 2.75) is 13.8 Å². The molecule has 0 saturated carbocycles. The van der Waals surface area contributed by atoms with E-state index in [-0.39, 0.29) is 23.1 Å². The highest BCUT2D eigenvalue weighted by Gasteiger charge is 2.25. The molecule has 0 amide bonds. The van der Waals surface area contributed by atoms with E-state index in [4.69, 9.17) is 16.3 Å². The minimum atomic E-state index is -3.63. The van der Waals surface area contributed by atoms with E-state index in [9.17, 15) is 13.2 Å². The number of benzene rings is 1. The molecule has 0 atom stereocenters. The maximum Gasteiger partial charge on any atom is 0.326 e. The molecule has 0 aliphatic heterocycles. The van der Waals surface area contributed by atoms with Crippen LogP contribution in [0.2, 0.25) is 5.02 Å². The standard InChI is InChI=1S/C12H15BrClNO4S/c1-3-19-12(16)8-15(20(17,18)4-2)11-6-5-9(13)7-10(11)14/h5-7H,3-4,8H2,1-2H3. The van der Waals surface area contributed by atoms with Gasteiger partial charge >= 0.3 is 5.97 Å². The lowest BCUT2D eigenvalue weighted by Gasteiger charge is -2.23. The van der Waals surface area contributed by atoms with E-state index in [0.29, 0.717) is 0 Å². The second-order valence-corrected chi connectivity index (χ2v) is 7.31. The Balaban J connectivity index is 3.20. The van der Waals surface area contributed by atoms with Gasteiger partial charge < -0.3 is 4.74 Å². The van der Waals surface area contributed by atoms with E-state index >= 15 is 0 Å². The number of anilines is 1. The molecule has 0 heterocycles.